The Morgan fingerprint density at radius 3 is 2.52 bits per heavy atom. The minimum atomic E-state index is 0.744. The van der Waals surface area contributed by atoms with Crippen LogP contribution in [0.25, 0.3) is 0 Å². The van der Waals surface area contributed by atoms with Gasteiger partial charge in [-0.05, 0) is 37.5 Å². The van der Waals surface area contributed by atoms with E-state index in [0.717, 1.165) is 43.5 Å². The highest BCUT2D eigenvalue weighted by Crippen LogP contribution is 2.27. The van der Waals surface area contributed by atoms with E-state index in [1.165, 1.54) is 18.4 Å². The normalized spacial score (nSPS) is 11.3. The molecule has 0 heterocycles. The molecule has 0 aliphatic rings. The van der Waals surface area contributed by atoms with Crippen molar-refractivity contribution in [3.8, 4) is 11.5 Å². The summed E-state index contributed by atoms with van der Waals surface area (Å²) in [6.07, 6.45) is 3.24. The summed E-state index contributed by atoms with van der Waals surface area (Å²) in [6.45, 7) is 6.95. The minimum absolute atomic E-state index is 0.744. The summed E-state index contributed by atoms with van der Waals surface area (Å²) in [6, 6.07) is 6.02. The third-order valence-electron chi connectivity index (χ3n) is 3.65. The zero-order valence-corrected chi connectivity index (χ0v) is 15.2. The lowest BCUT2D eigenvalue weighted by molar-refractivity contribution is 0.354. The Labute approximate surface area is 140 Å². The van der Waals surface area contributed by atoms with E-state index in [-0.39, 0.29) is 0 Å². The quantitative estimate of drug-likeness (QED) is 0.561. The maximum Gasteiger partial charge on any atom is 0.193 e. The average molecular weight is 321 g/mol. The van der Waals surface area contributed by atoms with Crippen LogP contribution >= 0.6 is 0 Å². The van der Waals surface area contributed by atoms with E-state index < -0.39 is 0 Å². The lowest BCUT2D eigenvalue weighted by Crippen LogP contribution is -2.39. The van der Waals surface area contributed by atoms with Crippen molar-refractivity contribution in [3.05, 3.63) is 23.8 Å². The first-order valence-electron chi connectivity index (χ1n) is 8.36. The molecule has 0 saturated carbocycles. The molecule has 0 amide bonds. The van der Waals surface area contributed by atoms with Gasteiger partial charge in [0.05, 0.1) is 14.2 Å². The zero-order chi connectivity index (χ0) is 17.1. The number of hydrogen-bond acceptors (Lipinski definition) is 3. The Kier molecular flexibility index (Phi) is 8.95. The Morgan fingerprint density at radius 2 is 1.91 bits per heavy atom. The highest BCUT2D eigenvalue weighted by molar-refractivity contribution is 5.79. The second kappa shape index (κ2) is 10.8. The molecule has 1 N–H and O–H groups in total. The van der Waals surface area contributed by atoms with Gasteiger partial charge in [0.15, 0.2) is 17.5 Å². The molecule has 0 aromatic heterocycles. The van der Waals surface area contributed by atoms with Gasteiger partial charge >= 0.3 is 0 Å². The van der Waals surface area contributed by atoms with Gasteiger partial charge in [0.2, 0.25) is 0 Å². The molecule has 0 bridgehead atoms. The summed E-state index contributed by atoms with van der Waals surface area (Å²) >= 11 is 0. The fourth-order valence-electron chi connectivity index (χ4n) is 2.30. The molecule has 1 aromatic rings. The molecule has 5 heteroatoms. The van der Waals surface area contributed by atoms with Crippen LogP contribution in [0, 0.1) is 0 Å². The van der Waals surface area contributed by atoms with Gasteiger partial charge in [-0.3, -0.25) is 4.99 Å². The van der Waals surface area contributed by atoms with Crippen molar-refractivity contribution in [1.29, 1.82) is 0 Å². The number of rotatable bonds is 9. The second-order valence-electron chi connectivity index (χ2n) is 5.45. The van der Waals surface area contributed by atoms with Gasteiger partial charge < -0.3 is 19.7 Å². The van der Waals surface area contributed by atoms with Crippen LogP contribution in [0.1, 0.15) is 32.3 Å². The number of guanidine groups is 1. The standard InChI is InChI=1S/C18H31N3O2/c1-6-8-13-21(3)18(19-7-2)20-12-11-15-9-10-16(22-4)17(14-15)23-5/h9-10,14H,6-8,11-13H2,1-5H3,(H,19,20). The Morgan fingerprint density at radius 1 is 1.17 bits per heavy atom. The van der Waals surface area contributed by atoms with E-state index >= 15 is 0 Å². The van der Waals surface area contributed by atoms with Crippen molar-refractivity contribution in [2.75, 3.05) is 40.9 Å². The van der Waals surface area contributed by atoms with Gasteiger partial charge in [0.1, 0.15) is 0 Å². The minimum Gasteiger partial charge on any atom is -0.493 e. The lowest BCUT2D eigenvalue weighted by atomic mass is 10.1. The number of methoxy groups -OCH3 is 2. The van der Waals surface area contributed by atoms with E-state index in [9.17, 15) is 0 Å². The first-order chi connectivity index (χ1) is 11.2. The van der Waals surface area contributed by atoms with Gasteiger partial charge in [0, 0.05) is 26.7 Å². The third-order valence-corrected chi connectivity index (χ3v) is 3.65. The number of benzene rings is 1. The van der Waals surface area contributed by atoms with Gasteiger partial charge in [-0.2, -0.15) is 0 Å². The number of unbranched alkanes of at least 4 members (excludes halogenated alkanes) is 1. The first kappa shape index (κ1) is 19.1. The van der Waals surface area contributed by atoms with Crippen LogP contribution in [0.4, 0.5) is 0 Å². The van der Waals surface area contributed by atoms with Crippen LogP contribution in [0.2, 0.25) is 0 Å². The van der Waals surface area contributed by atoms with Crippen molar-refractivity contribution in [3.63, 3.8) is 0 Å². The first-order valence-corrected chi connectivity index (χ1v) is 8.36. The molecular weight excluding hydrogens is 290 g/mol. The monoisotopic (exact) mass is 321 g/mol. The van der Waals surface area contributed by atoms with Crippen molar-refractivity contribution >= 4 is 5.96 Å². The van der Waals surface area contributed by atoms with E-state index in [2.05, 4.69) is 37.2 Å². The summed E-state index contributed by atoms with van der Waals surface area (Å²) in [7, 11) is 5.40. The highest BCUT2D eigenvalue weighted by Gasteiger charge is 2.06. The van der Waals surface area contributed by atoms with Gasteiger partial charge in [-0.1, -0.05) is 19.4 Å². The molecule has 1 aromatic carbocycles. The zero-order valence-electron chi connectivity index (χ0n) is 15.2. The van der Waals surface area contributed by atoms with Crippen LogP contribution in [-0.2, 0) is 6.42 Å². The summed E-state index contributed by atoms with van der Waals surface area (Å²) in [5, 5.41) is 3.35. The summed E-state index contributed by atoms with van der Waals surface area (Å²) in [5.74, 6) is 2.50. The maximum atomic E-state index is 5.34. The van der Waals surface area contributed by atoms with Gasteiger partial charge in [-0.15, -0.1) is 0 Å². The molecule has 0 radical (unpaired) electrons. The number of ether oxygens (including phenoxy) is 2. The number of nitrogens with zero attached hydrogens (tertiary/aromatic N) is 2. The van der Waals surface area contributed by atoms with Crippen LogP contribution < -0.4 is 14.8 Å². The topological polar surface area (TPSA) is 46.1 Å². The number of hydrogen-bond donors (Lipinski definition) is 1. The number of aliphatic imine (C=N–C) groups is 1. The van der Waals surface area contributed by atoms with Crippen molar-refractivity contribution < 1.29 is 9.47 Å². The van der Waals surface area contributed by atoms with Crippen LogP contribution in [-0.4, -0.2) is 51.8 Å². The third kappa shape index (κ3) is 6.38. The number of nitrogens with one attached hydrogen (secondary N) is 1. The fourth-order valence-corrected chi connectivity index (χ4v) is 2.30. The van der Waals surface area contributed by atoms with E-state index in [4.69, 9.17) is 14.5 Å². The van der Waals surface area contributed by atoms with E-state index in [1.807, 2.05) is 12.1 Å². The summed E-state index contributed by atoms with van der Waals surface area (Å²) < 4.78 is 10.6. The maximum absolute atomic E-state index is 5.34. The van der Waals surface area contributed by atoms with Crippen LogP contribution in [0.5, 0.6) is 11.5 Å². The predicted octanol–water partition coefficient (Wildman–Crippen LogP) is 2.94. The molecule has 5 nitrogen and oxygen atoms in total. The summed E-state index contributed by atoms with van der Waals surface area (Å²) in [5.41, 5.74) is 1.19. The Hall–Kier alpha value is -1.91. The van der Waals surface area contributed by atoms with E-state index in [1.54, 1.807) is 14.2 Å². The molecule has 0 atom stereocenters. The van der Waals surface area contributed by atoms with Crippen LogP contribution in [0.15, 0.2) is 23.2 Å². The highest BCUT2D eigenvalue weighted by atomic mass is 16.5. The average Bonchev–Trinajstić information content (AvgIpc) is 2.58. The van der Waals surface area contributed by atoms with Crippen molar-refractivity contribution in [2.24, 2.45) is 4.99 Å². The van der Waals surface area contributed by atoms with E-state index in [0.29, 0.717) is 0 Å². The Balaban J connectivity index is 2.66. The van der Waals surface area contributed by atoms with Gasteiger partial charge in [0.25, 0.3) is 0 Å². The smallest absolute Gasteiger partial charge is 0.193 e. The molecule has 0 aliphatic carbocycles. The fraction of sp³-hybridized carbons (Fsp3) is 0.611. The van der Waals surface area contributed by atoms with Gasteiger partial charge in [-0.25, -0.2) is 0 Å². The predicted molar refractivity (Wildman–Crippen MR) is 96.8 cm³/mol. The molecular formula is C18H31N3O2. The summed E-state index contributed by atoms with van der Waals surface area (Å²) in [4.78, 5) is 6.92. The second-order valence-corrected chi connectivity index (χ2v) is 5.45. The Bertz CT molecular complexity index is 489. The largest absolute Gasteiger partial charge is 0.493 e. The molecule has 1 rings (SSSR count). The molecule has 0 aliphatic heterocycles. The van der Waals surface area contributed by atoms with Crippen molar-refractivity contribution in [2.45, 2.75) is 33.1 Å². The molecule has 0 saturated heterocycles. The van der Waals surface area contributed by atoms with Crippen LogP contribution in [0.3, 0.4) is 0 Å². The molecule has 0 fully saturated rings. The van der Waals surface area contributed by atoms with Crippen molar-refractivity contribution in [1.82, 2.24) is 10.2 Å². The molecule has 0 unspecified atom stereocenters. The molecule has 0 spiro atoms. The molecule has 130 valence electrons. The SMILES string of the molecule is CCCCN(C)C(=NCCc1ccc(OC)c(OC)c1)NCC. The lowest BCUT2D eigenvalue weighted by Gasteiger charge is -2.21. The molecule has 23 heavy (non-hydrogen) atoms.